The van der Waals surface area contributed by atoms with E-state index < -0.39 is 0 Å². The van der Waals surface area contributed by atoms with E-state index in [0.29, 0.717) is 17.9 Å². The molecule has 0 bridgehead atoms. The van der Waals surface area contributed by atoms with E-state index in [4.69, 9.17) is 4.52 Å². The predicted molar refractivity (Wildman–Crippen MR) is 71.9 cm³/mol. The van der Waals surface area contributed by atoms with Gasteiger partial charge in [-0.05, 0) is 12.8 Å². The monoisotopic (exact) mass is 266 g/mol. The molecule has 106 valence electrons. The van der Waals surface area contributed by atoms with Crippen molar-refractivity contribution >= 4 is 11.9 Å². The lowest BCUT2D eigenvalue weighted by Crippen LogP contribution is -2.39. The minimum Gasteiger partial charge on any atom is -0.352 e. The number of anilines is 1. The lowest BCUT2D eigenvalue weighted by Gasteiger charge is -2.22. The van der Waals surface area contributed by atoms with E-state index in [9.17, 15) is 4.79 Å². The van der Waals surface area contributed by atoms with Crippen molar-refractivity contribution < 1.29 is 9.32 Å². The van der Waals surface area contributed by atoms with Gasteiger partial charge in [0.25, 0.3) is 0 Å². The fourth-order valence-electron chi connectivity index (χ4n) is 2.22. The van der Waals surface area contributed by atoms with Crippen LogP contribution in [0, 0.1) is 0 Å². The lowest BCUT2D eigenvalue weighted by molar-refractivity contribution is -0.120. The normalized spacial score (nSPS) is 16.6. The van der Waals surface area contributed by atoms with E-state index in [1.54, 1.807) is 0 Å². The third kappa shape index (κ3) is 4.22. The third-order valence-electron chi connectivity index (χ3n) is 3.33. The van der Waals surface area contributed by atoms with Crippen LogP contribution in [-0.4, -0.2) is 28.6 Å². The number of nitrogens with zero attached hydrogens (tertiary/aromatic N) is 2. The molecule has 0 atom stereocenters. The molecule has 1 heterocycles. The highest BCUT2D eigenvalue weighted by Crippen LogP contribution is 2.17. The summed E-state index contributed by atoms with van der Waals surface area (Å²) in [5, 5.41) is 9.71. The van der Waals surface area contributed by atoms with Crippen molar-refractivity contribution in [3.05, 3.63) is 5.82 Å². The Morgan fingerprint density at radius 1 is 1.37 bits per heavy atom. The largest absolute Gasteiger partial charge is 0.352 e. The minimum atomic E-state index is -0.0174. The van der Waals surface area contributed by atoms with Gasteiger partial charge in [-0.3, -0.25) is 4.79 Å². The van der Waals surface area contributed by atoms with Crippen molar-refractivity contribution in [1.29, 1.82) is 0 Å². The second-order valence-corrected chi connectivity index (χ2v) is 5.37. The molecule has 1 fully saturated rings. The summed E-state index contributed by atoms with van der Waals surface area (Å²) in [5.41, 5.74) is 0. The molecule has 1 aliphatic carbocycles. The maximum absolute atomic E-state index is 11.8. The van der Waals surface area contributed by atoms with Crippen LogP contribution in [-0.2, 0) is 4.79 Å². The van der Waals surface area contributed by atoms with Gasteiger partial charge in [-0.1, -0.05) is 38.3 Å². The van der Waals surface area contributed by atoms with E-state index in [1.807, 2.05) is 13.8 Å². The number of hydrogen-bond acceptors (Lipinski definition) is 5. The van der Waals surface area contributed by atoms with Crippen LogP contribution in [0.15, 0.2) is 4.52 Å². The zero-order chi connectivity index (χ0) is 13.7. The SMILES string of the molecule is CC(C)c1noc(NCC(=O)NC2CCCCC2)n1. The molecule has 2 rings (SSSR count). The highest BCUT2D eigenvalue weighted by molar-refractivity contribution is 5.80. The number of carbonyl (C=O) groups excluding carboxylic acids is 1. The molecule has 1 amide bonds. The van der Waals surface area contributed by atoms with E-state index in [1.165, 1.54) is 19.3 Å². The summed E-state index contributed by atoms with van der Waals surface area (Å²) >= 11 is 0. The molecular weight excluding hydrogens is 244 g/mol. The molecule has 2 N–H and O–H groups in total. The van der Waals surface area contributed by atoms with Crippen LogP contribution < -0.4 is 10.6 Å². The van der Waals surface area contributed by atoms with Crippen molar-refractivity contribution in [2.24, 2.45) is 0 Å². The number of amides is 1. The van der Waals surface area contributed by atoms with Crippen LogP contribution >= 0.6 is 0 Å². The van der Waals surface area contributed by atoms with Gasteiger partial charge in [-0.2, -0.15) is 4.98 Å². The topological polar surface area (TPSA) is 80.0 Å². The van der Waals surface area contributed by atoms with Gasteiger partial charge in [0.15, 0.2) is 5.82 Å². The van der Waals surface area contributed by atoms with Gasteiger partial charge in [0.1, 0.15) is 0 Å². The Morgan fingerprint density at radius 3 is 2.74 bits per heavy atom. The second kappa shape index (κ2) is 6.54. The molecule has 1 aromatic heterocycles. The van der Waals surface area contributed by atoms with E-state index >= 15 is 0 Å². The summed E-state index contributed by atoms with van der Waals surface area (Å²) < 4.78 is 5.01. The molecule has 6 heteroatoms. The first-order valence-electron chi connectivity index (χ1n) is 7.02. The van der Waals surface area contributed by atoms with E-state index in [0.717, 1.165) is 12.8 Å². The average molecular weight is 266 g/mol. The number of hydrogen-bond donors (Lipinski definition) is 2. The smallest absolute Gasteiger partial charge is 0.321 e. The molecule has 19 heavy (non-hydrogen) atoms. The van der Waals surface area contributed by atoms with Gasteiger partial charge in [0, 0.05) is 12.0 Å². The summed E-state index contributed by atoms with van der Waals surface area (Å²) in [6.07, 6.45) is 5.87. The highest BCUT2D eigenvalue weighted by Gasteiger charge is 2.16. The van der Waals surface area contributed by atoms with Crippen molar-refractivity contribution in [3.8, 4) is 0 Å². The number of carbonyl (C=O) groups is 1. The number of rotatable bonds is 5. The van der Waals surface area contributed by atoms with Crippen LogP contribution in [0.3, 0.4) is 0 Å². The highest BCUT2D eigenvalue weighted by atomic mass is 16.5. The van der Waals surface area contributed by atoms with Crippen LogP contribution in [0.1, 0.15) is 57.7 Å². The van der Waals surface area contributed by atoms with Gasteiger partial charge in [-0.15, -0.1) is 0 Å². The molecule has 6 nitrogen and oxygen atoms in total. The lowest BCUT2D eigenvalue weighted by atomic mass is 9.95. The Hall–Kier alpha value is -1.59. The van der Waals surface area contributed by atoms with Gasteiger partial charge in [-0.25, -0.2) is 0 Å². The van der Waals surface area contributed by atoms with Gasteiger partial charge in [0.2, 0.25) is 5.91 Å². The Labute approximate surface area is 113 Å². The quantitative estimate of drug-likeness (QED) is 0.852. The van der Waals surface area contributed by atoms with Gasteiger partial charge < -0.3 is 15.2 Å². The standard InChI is InChI=1S/C13H22N4O2/c1-9(2)12-16-13(19-17-12)14-8-11(18)15-10-6-4-3-5-7-10/h9-10H,3-8H2,1-2H3,(H,15,18)(H,14,16,17). The Kier molecular flexibility index (Phi) is 4.76. The number of aromatic nitrogens is 2. The molecule has 1 saturated carbocycles. The van der Waals surface area contributed by atoms with Crippen molar-refractivity contribution in [1.82, 2.24) is 15.5 Å². The molecule has 0 spiro atoms. The maximum atomic E-state index is 11.8. The van der Waals surface area contributed by atoms with Crippen molar-refractivity contribution in [2.75, 3.05) is 11.9 Å². The van der Waals surface area contributed by atoms with Crippen molar-refractivity contribution in [2.45, 2.75) is 57.9 Å². The van der Waals surface area contributed by atoms with E-state index in [-0.39, 0.29) is 18.4 Å². The van der Waals surface area contributed by atoms with Crippen LogP contribution in [0.5, 0.6) is 0 Å². The zero-order valence-electron chi connectivity index (χ0n) is 11.6. The summed E-state index contributed by atoms with van der Waals surface area (Å²) in [7, 11) is 0. The zero-order valence-corrected chi connectivity index (χ0v) is 11.6. The first-order chi connectivity index (χ1) is 9.15. The summed E-state index contributed by atoms with van der Waals surface area (Å²) in [4.78, 5) is 15.9. The Morgan fingerprint density at radius 2 is 2.11 bits per heavy atom. The minimum absolute atomic E-state index is 0.0174. The predicted octanol–water partition coefficient (Wildman–Crippen LogP) is 2.05. The summed E-state index contributed by atoms with van der Waals surface area (Å²) in [5.74, 6) is 0.849. The van der Waals surface area contributed by atoms with Crippen LogP contribution in [0.4, 0.5) is 6.01 Å². The Bertz CT molecular complexity index is 411. The van der Waals surface area contributed by atoms with Gasteiger partial charge in [0.05, 0.1) is 6.54 Å². The molecule has 0 saturated heterocycles. The average Bonchev–Trinajstić information content (AvgIpc) is 2.86. The number of nitrogens with one attached hydrogen (secondary N) is 2. The molecule has 0 aromatic carbocycles. The molecule has 0 unspecified atom stereocenters. The first-order valence-corrected chi connectivity index (χ1v) is 7.02. The third-order valence-corrected chi connectivity index (χ3v) is 3.33. The fourth-order valence-corrected chi connectivity index (χ4v) is 2.22. The van der Waals surface area contributed by atoms with Crippen LogP contribution in [0.25, 0.3) is 0 Å². The maximum Gasteiger partial charge on any atom is 0.321 e. The molecule has 0 radical (unpaired) electrons. The van der Waals surface area contributed by atoms with E-state index in [2.05, 4.69) is 20.8 Å². The van der Waals surface area contributed by atoms with Crippen LogP contribution in [0.2, 0.25) is 0 Å². The Balaban J connectivity index is 1.73. The van der Waals surface area contributed by atoms with Crippen molar-refractivity contribution in [3.63, 3.8) is 0 Å². The summed E-state index contributed by atoms with van der Waals surface area (Å²) in [6, 6.07) is 0.638. The van der Waals surface area contributed by atoms with Gasteiger partial charge >= 0.3 is 6.01 Å². The molecule has 1 aliphatic rings. The first kappa shape index (κ1) is 13.8. The second-order valence-electron chi connectivity index (χ2n) is 5.37. The molecule has 1 aromatic rings. The molecular formula is C13H22N4O2. The molecule has 0 aliphatic heterocycles. The fraction of sp³-hybridized carbons (Fsp3) is 0.769. The summed E-state index contributed by atoms with van der Waals surface area (Å²) in [6.45, 7) is 4.16.